The molecule has 0 saturated carbocycles. The Labute approximate surface area is 102 Å². The Balaban J connectivity index is 0.000000514. The number of phenolic OH excluding ortho intramolecular Hbond substituents is 1. The highest BCUT2D eigenvalue weighted by Crippen LogP contribution is 2.44. The van der Waals surface area contributed by atoms with E-state index >= 15 is 0 Å². The fraction of sp³-hybridized carbons (Fsp3) is 0.125. The molecule has 2 aromatic rings. The minimum atomic E-state index is 0.294. The maximum Gasteiger partial charge on any atom is 0.116 e. The fourth-order valence-corrected chi connectivity index (χ4v) is 2.14. The first kappa shape index (κ1) is 11.5. The van der Waals surface area contributed by atoms with Crippen LogP contribution in [0.15, 0.2) is 49.0 Å². The molecule has 17 heavy (non-hydrogen) atoms. The largest absolute Gasteiger partial charge is 0.508 e. The van der Waals surface area contributed by atoms with Crippen LogP contribution in [0, 0.1) is 0 Å². The van der Waals surface area contributed by atoms with Gasteiger partial charge in [-0.1, -0.05) is 50.8 Å². The summed E-state index contributed by atoms with van der Waals surface area (Å²) < 4.78 is 0. The highest BCUT2D eigenvalue weighted by molar-refractivity contribution is 6.00. The second kappa shape index (κ2) is 4.46. The Morgan fingerprint density at radius 2 is 1.41 bits per heavy atom. The lowest BCUT2D eigenvalue weighted by Crippen LogP contribution is -1.77. The lowest BCUT2D eigenvalue weighted by atomic mass is 10.1. The van der Waals surface area contributed by atoms with Crippen molar-refractivity contribution in [2.45, 2.75) is 13.8 Å². The smallest absolute Gasteiger partial charge is 0.116 e. The van der Waals surface area contributed by atoms with Crippen LogP contribution in [0.25, 0.3) is 16.7 Å². The standard InChI is InChI=1S/C14H10O.C2H6/c1-9-11-4-2-3-5-12(11)13-7-6-10(15)8-14(9)13;1-2/h2-8,15H,1H2;1-2H3. The van der Waals surface area contributed by atoms with E-state index in [1.165, 1.54) is 5.56 Å². The molecule has 1 aliphatic rings. The molecule has 1 aliphatic carbocycles. The van der Waals surface area contributed by atoms with Gasteiger partial charge in [-0.3, -0.25) is 0 Å². The van der Waals surface area contributed by atoms with E-state index < -0.39 is 0 Å². The van der Waals surface area contributed by atoms with Crippen LogP contribution in [0.5, 0.6) is 5.75 Å². The molecule has 0 amide bonds. The maximum absolute atomic E-state index is 9.45. The molecule has 0 radical (unpaired) electrons. The van der Waals surface area contributed by atoms with E-state index in [0.717, 1.165) is 22.3 Å². The van der Waals surface area contributed by atoms with Gasteiger partial charge < -0.3 is 5.11 Å². The molecule has 0 spiro atoms. The van der Waals surface area contributed by atoms with Crippen molar-refractivity contribution in [1.29, 1.82) is 0 Å². The lowest BCUT2D eigenvalue weighted by Gasteiger charge is -2.00. The van der Waals surface area contributed by atoms with Crippen LogP contribution in [-0.2, 0) is 0 Å². The average Bonchev–Trinajstić information content (AvgIpc) is 2.66. The first-order valence-electron chi connectivity index (χ1n) is 5.89. The molecule has 2 aromatic carbocycles. The number of benzene rings is 2. The number of hydrogen-bond acceptors (Lipinski definition) is 1. The number of phenols is 1. The van der Waals surface area contributed by atoms with Crippen molar-refractivity contribution < 1.29 is 5.11 Å². The Morgan fingerprint density at radius 1 is 0.824 bits per heavy atom. The van der Waals surface area contributed by atoms with Crippen molar-refractivity contribution in [1.82, 2.24) is 0 Å². The summed E-state index contributed by atoms with van der Waals surface area (Å²) in [5, 5.41) is 9.45. The van der Waals surface area contributed by atoms with Crippen LogP contribution in [0.2, 0.25) is 0 Å². The molecule has 0 aromatic heterocycles. The van der Waals surface area contributed by atoms with Crippen LogP contribution in [0.1, 0.15) is 25.0 Å². The van der Waals surface area contributed by atoms with Gasteiger partial charge in [-0.15, -0.1) is 0 Å². The Kier molecular flexibility index (Phi) is 3.01. The summed E-state index contributed by atoms with van der Waals surface area (Å²) in [5.74, 6) is 0.294. The second-order valence-corrected chi connectivity index (χ2v) is 3.75. The van der Waals surface area contributed by atoms with E-state index in [1.54, 1.807) is 12.1 Å². The highest BCUT2D eigenvalue weighted by Gasteiger charge is 2.21. The molecule has 0 atom stereocenters. The molecular weight excluding hydrogens is 208 g/mol. The van der Waals surface area contributed by atoms with Gasteiger partial charge in [-0.2, -0.15) is 0 Å². The van der Waals surface area contributed by atoms with E-state index in [9.17, 15) is 5.11 Å². The third-order valence-electron chi connectivity index (χ3n) is 2.87. The van der Waals surface area contributed by atoms with Crippen LogP contribution >= 0.6 is 0 Å². The summed E-state index contributed by atoms with van der Waals surface area (Å²) in [6.45, 7) is 8.07. The van der Waals surface area contributed by atoms with Gasteiger partial charge in [0, 0.05) is 0 Å². The summed E-state index contributed by atoms with van der Waals surface area (Å²) >= 11 is 0. The Bertz CT molecular complexity index is 567. The minimum Gasteiger partial charge on any atom is -0.508 e. The summed E-state index contributed by atoms with van der Waals surface area (Å²) in [6.07, 6.45) is 0. The molecular formula is C16H16O. The minimum absolute atomic E-state index is 0.294. The van der Waals surface area contributed by atoms with Crippen LogP contribution < -0.4 is 0 Å². The molecule has 0 unspecified atom stereocenters. The number of fused-ring (bicyclic) bond motifs is 3. The van der Waals surface area contributed by atoms with Crippen LogP contribution in [0.4, 0.5) is 0 Å². The summed E-state index contributed by atoms with van der Waals surface area (Å²) in [7, 11) is 0. The molecule has 0 saturated heterocycles. The molecule has 0 bridgehead atoms. The van der Waals surface area contributed by atoms with Gasteiger partial charge in [-0.05, 0) is 40.0 Å². The van der Waals surface area contributed by atoms with Gasteiger partial charge in [0.1, 0.15) is 5.75 Å². The molecule has 1 nitrogen and oxygen atoms in total. The van der Waals surface area contributed by atoms with E-state index in [0.29, 0.717) is 5.75 Å². The van der Waals surface area contributed by atoms with Crippen molar-refractivity contribution >= 4 is 5.57 Å². The first-order chi connectivity index (χ1) is 8.27. The molecule has 1 heteroatoms. The molecule has 3 rings (SSSR count). The quantitative estimate of drug-likeness (QED) is 0.597. The SMILES string of the molecule is C=C1c2ccccc2-c2ccc(O)cc21.CC. The van der Waals surface area contributed by atoms with Crippen molar-refractivity contribution in [3.8, 4) is 16.9 Å². The van der Waals surface area contributed by atoms with E-state index in [-0.39, 0.29) is 0 Å². The van der Waals surface area contributed by atoms with Crippen molar-refractivity contribution in [3.05, 3.63) is 60.2 Å². The normalized spacial score (nSPS) is 11.3. The second-order valence-electron chi connectivity index (χ2n) is 3.75. The molecule has 0 fully saturated rings. The third kappa shape index (κ3) is 1.74. The molecule has 1 N–H and O–H groups in total. The number of aromatic hydroxyl groups is 1. The summed E-state index contributed by atoms with van der Waals surface area (Å²) in [4.78, 5) is 0. The number of rotatable bonds is 0. The van der Waals surface area contributed by atoms with Gasteiger partial charge in [0.2, 0.25) is 0 Å². The number of hydrogen-bond donors (Lipinski definition) is 1. The summed E-state index contributed by atoms with van der Waals surface area (Å²) in [6, 6.07) is 13.6. The van der Waals surface area contributed by atoms with Gasteiger partial charge >= 0.3 is 0 Å². The van der Waals surface area contributed by atoms with Gasteiger partial charge in [0.05, 0.1) is 0 Å². The van der Waals surface area contributed by atoms with E-state index in [1.807, 2.05) is 32.0 Å². The average molecular weight is 224 g/mol. The topological polar surface area (TPSA) is 20.2 Å². The predicted molar refractivity (Wildman–Crippen MR) is 73.0 cm³/mol. The van der Waals surface area contributed by atoms with Crippen LogP contribution in [-0.4, -0.2) is 5.11 Å². The predicted octanol–water partition coefficient (Wildman–Crippen LogP) is 4.46. The zero-order valence-electron chi connectivity index (χ0n) is 10.2. The highest BCUT2D eigenvalue weighted by atomic mass is 16.3. The Hall–Kier alpha value is -2.02. The third-order valence-corrected chi connectivity index (χ3v) is 2.87. The maximum atomic E-state index is 9.45. The molecule has 86 valence electrons. The fourth-order valence-electron chi connectivity index (χ4n) is 2.14. The zero-order chi connectivity index (χ0) is 12.4. The van der Waals surface area contributed by atoms with E-state index in [2.05, 4.69) is 18.7 Å². The lowest BCUT2D eigenvalue weighted by molar-refractivity contribution is 0.475. The molecule has 0 heterocycles. The molecule has 0 aliphatic heterocycles. The van der Waals surface area contributed by atoms with Crippen molar-refractivity contribution in [2.24, 2.45) is 0 Å². The Morgan fingerprint density at radius 3 is 2.12 bits per heavy atom. The van der Waals surface area contributed by atoms with Gasteiger partial charge in [0.15, 0.2) is 0 Å². The van der Waals surface area contributed by atoms with Gasteiger partial charge in [0.25, 0.3) is 0 Å². The first-order valence-corrected chi connectivity index (χ1v) is 5.89. The van der Waals surface area contributed by atoms with Crippen LogP contribution in [0.3, 0.4) is 0 Å². The summed E-state index contributed by atoms with van der Waals surface area (Å²) in [5.41, 5.74) is 5.57. The van der Waals surface area contributed by atoms with Crippen molar-refractivity contribution in [2.75, 3.05) is 0 Å². The monoisotopic (exact) mass is 224 g/mol. The van der Waals surface area contributed by atoms with E-state index in [4.69, 9.17) is 0 Å². The van der Waals surface area contributed by atoms with Crippen molar-refractivity contribution in [3.63, 3.8) is 0 Å². The zero-order valence-corrected chi connectivity index (χ0v) is 10.2. The van der Waals surface area contributed by atoms with Gasteiger partial charge in [-0.25, -0.2) is 0 Å².